The molecule has 2 heterocycles. The molecular formula is C6H4N4O3S. The van der Waals surface area contributed by atoms with Crippen molar-refractivity contribution in [2.24, 2.45) is 4.99 Å². The van der Waals surface area contributed by atoms with E-state index in [4.69, 9.17) is 0 Å². The number of carbonyl (C=O) groups is 1. The predicted molar refractivity (Wildman–Crippen MR) is 50.0 cm³/mol. The van der Waals surface area contributed by atoms with Crippen LogP contribution in [0.15, 0.2) is 11.2 Å². The summed E-state index contributed by atoms with van der Waals surface area (Å²) in [7, 11) is 0. The Morgan fingerprint density at radius 2 is 2.43 bits per heavy atom. The summed E-state index contributed by atoms with van der Waals surface area (Å²) in [5.41, 5.74) is 0. The molecule has 2 amide bonds. The molecule has 0 radical (unpaired) electrons. The molecule has 14 heavy (non-hydrogen) atoms. The van der Waals surface area contributed by atoms with Gasteiger partial charge in [0.15, 0.2) is 5.13 Å². The fourth-order valence-electron chi connectivity index (χ4n) is 0.974. The Hall–Kier alpha value is -1.83. The van der Waals surface area contributed by atoms with Gasteiger partial charge >= 0.3 is 11.0 Å². The second-order valence-corrected chi connectivity index (χ2v) is 3.43. The van der Waals surface area contributed by atoms with Crippen LogP contribution in [0.1, 0.15) is 0 Å². The van der Waals surface area contributed by atoms with E-state index in [0.717, 1.165) is 17.5 Å². The number of anilines is 1. The standard InChI is InChI=1S/C6H4N4O3S/c11-5-7-1-2-9(5)6-8-3-4(14-6)10(12)13/h1,3H,2H2. The Morgan fingerprint density at radius 3 is 2.93 bits per heavy atom. The minimum absolute atomic E-state index is 0.0836. The lowest BCUT2D eigenvalue weighted by molar-refractivity contribution is -0.380. The van der Waals surface area contributed by atoms with Gasteiger partial charge in [-0.3, -0.25) is 15.0 Å². The van der Waals surface area contributed by atoms with E-state index in [1.54, 1.807) is 0 Å². The first-order chi connectivity index (χ1) is 6.68. The lowest BCUT2D eigenvalue weighted by atomic mass is 10.7. The van der Waals surface area contributed by atoms with Crippen molar-refractivity contribution >= 4 is 33.7 Å². The zero-order valence-corrected chi connectivity index (χ0v) is 7.60. The quantitative estimate of drug-likeness (QED) is 0.541. The highest BCUT2D eigenvalue weighted by molar-refractivity contribution is 7.18. The van der Waals surface area contributed by atoms with Crippen molar-refractivity contribution in [3.8, 4) is 0 Å². The summed E-state index contributed by atoms with van der Waals surface area (Å²) in [6.45, 7) is 0.323. The molecule has 0 spiro atoms. The van der Waals surface area contributed by atoms with E-state index in [2.05, 4.69) is 9.98 Å². The van der Waals surface area contributed by atoms with Crippen LogP contribution in [-0.4, -0.2) is 28.7 Å². The highest BCUT2D eigenvalue weighted by atomic mass is 32.1. The number of urea groups is 1. The smallest absolute Gasteiger partial charge is 0.262 e. The first-order valence-corrected chi connectivity index (χ1v) is 4.44. The third-order valence-corrected chi connectivity index (χ3v) is 2.56. The lowest BCUT2D eigenvalue weighted by Gasteiger charge is -2.07. The highest BCUT2D eigenvalue weighted by Crippen LogP contribution is 2.29. The summed E-state index contributed by atoms with van der Waals surface area (Å²) in [6.07, 6.45) is 2.57. The fraction of sp³-hybridized carbons (Fsp3) is 0.167. The number of aliphatic imine (C=N–C) groups is 1. The second kappa shape index (κ2) is 3.14. The molecule has 2 rings (SSSR count). The second-order valence-electron chi connectivity index (χ2n) is 2.44. The van der Waals surface area contributed by atoms with Gasteiger partial charge in [0.05, 0.1) is 11.5 Å². The van der Waals surface area contributed by atoms with Crippen molar-refractivity contribution in [2.45, 2.75) is 0 Å². The number of amides is 2. The van der Waals surface area contributed by atoms with E-state index in [-0.39, 0.29) is 5.00 Å². The topological polar surface area (TPSA) is 88.7 Å². The third kappa shape index (κ3) is 1.35. The summed E-state index contributed by atoms with van der Waals surface area (Å²) in [5.74, 6) is 0. The summed E-state index contributed by atoms with van der Waals surface area (Å²) < 4.78 is 0. The molecule has 0 saturated heterocycles. The molecule has 0 aliphatic carbocycles. The first-order valence-electron chi connectivity index (χ1n) is 3.63. The molecule has 1 aliphatic rings. The number of nitrogens with zero attached hydrogens (tertiary/aromatic N) is 4. The van der Waals surface area contributed by atoms with E-state index < -0.39 is 11.0 Å². The van der Waals surface area contributed by atoms with Gasteiger partial charge in [-0.2, -0.15) is 0 Å². The first kappa shape index (κ1) is 8.75. The third-order valence-electron chi connectivity index (χ3n) is 1.59. The molecule has 0 aromatic carbocycles. The maximum absolute atomic E-state index is 11.1. The summed E-state index contributed by atoms with van der Waals surface area (Å²) in [6, 6.07) is -0.436. The van der Waals surface area contributed by atoms with Crippen LogP contribution in [0.4, 0.5) is 14.9 Å². The molecule has 1 aromatic rings. The zero-order valence-electron chi connectivity index (χ0n) is 6.78. The van der Waals surface area contributed by atoms with Crippen LogP contribution < -0.4 is 4.90 Å². The van der Waals surface area contributed by atoms with Crippen LogP contribution in [0.25, 0.3) is 0 Å². The molecular weight excluding hydrogens is 208 g/mol. The number of aromatic nitrogens is 1. The largest absolute Gasteiger partial charge is 0.349 e. The van der Waals surface area contributed by atoms with Gasteiger partial charge in [0, 0.05) is 6.21 Å². The van der Waals surface area contributed by atoms with Crippen LogP contribution in [0, 0.1) is 10.1 Å². The van der Waals surface area contributed by atoms with Gasteiger partial charge in [-0.25, -0.2) is 14.8 Å². The van der Waals surface area contributed by atoms with Gasteiger partial charge in [0.25, 0.3) is 0 Å². The monoisotopic (exact) mass is 212 g/mol. The van der Waals surface area contributed by atoms with E-state index in [0.29, 0.717) is 11.7 Å². The Labute approximate surface area is 81.9 Å². The Morgan fingerprint density at radius 1 is 1.64 bits per heavy atom. The summed E-state index contributed by atoms with van der Waals surface area (Å²) >= 11 is 0.857. The minimum atomic E-state index is -0.539. The Balaban J connectivity index is 2.25. The van der Waals surface area contributed by atoms with Crippen molar-refractivity contribution in [2.75, 3.05) is 11.4 Å². The van der Waals surface area contributed by atoms with Crippen LogP contribution >= 0.6 is 11.3 Å². The SMILES string of the molecule is O=C1N=CCN1c1ncc([N+](=O)[O-])s1. The molecule has 1 aromatic heterocycles. The van der Waals surface area contributed by atoms with Gasteiger partial charge in [-0.05, 0) is 11.3 Å². The van der Waals surface area contributed by atoms with Crippen LogP contribution in [0.2, 0.25) is 0 Å². The van der Waals surface area contributed by atoms with E-state index in [1.807, 2.05) is 0 Å². The van der Waals surface area contributed by atoms with Crippen LogP contribution in [-0.2, 0) is 0 Å². The molecule has 0 atom stereocenters. The molecule has 8 heteroatoms. The fourth-order valence-corrected chi connectivity index (χ4v) is 1.71. The number of hydrogen-bond donors (Lipinski definition) is 0. The normalized spacial score (nSPS) is 15.1. The molecule has 0 bridgehead atoms. The van der Waals surface area contributed by atoms with Gasteiger partial charge < -0.3 is 0 Å². The minimum Gasteiger partial charge on any atom is -0.262 e. The number of hydrogen-bond acceptors (Lipinski definition) is 5. The van der Waals surface area contributed by atoms with E-state index >= 15 is 0 Å². The van der Waals surface area contributed by atoms with Crippen LogP contribution in [0.3, 0.4) is 0 Å². The molecule has 7 nitrogen and oxygen atoms in total. The van der Waals surface area contributed by atoms with Crippen LogP contribution in [0.5, 0.6) is 0 Å². The van der Waals surface area contributed by atoms with Gasteiger partial charge in [-0.15, -0.1) is 0 Å². The van der Waals surface area contributed by atoms with Gasteiger partial charge in [0.1, 0.15) is 6.20 Å². The zero-order chi connectivity index (χ0) is 10.1. The molecule has 72 valence electrons. The van der Waals surface area contributed by atoms with E-state index in [1.165, 1.54) is 11.1 Å². The molecule has 0 unspecified atom stereocenters. The Kier molecular flexibility index (Phi) is 1.97. The molecule has 0 saturated carbocycles. The van der Waals surface area contributed by atoms with Crippen molar-refractivity contribution in [3.63, 3.8) is 0 Å². The summed E-state index contributed by atoms with van der Waals surface area (Å²) in [5, 5.41) is 10.6. The number of nitro groups is 1. The lowest BCUT2D eigenvalue weighted by Crippen LogP contribution is -2.23. The average molecular weight is 212 g/mol. The van der Waals surface area contributed by atoms with Gasteiger partial charge in [0.2, 0.25) is 0 Å². The number of thiazole rings is 1. The molecule has 0 N–H and O–H groups in total. The van der Waals surface area contributed by atoms with Crippen molar-refractivity contribution < 1.29 is 9.72 Å². The van der Waals surface area contributed by atoms with Gasteiger partial charge in [-0.1, -0.05) is 0 Å². The average Bonchev–Trinajstić information content (AvgIpc) is 2.71. The van der Waals surface area contributed by atoms with Crippen molar-refractivity contribution in [1.29, 1.82) is 0 Å². The summed E-state index contributed by atoms with van der Waals surface area (Å²) in [4.78, 5) is 29.4. The van der Waals surface area contributed by atoms with E-state index in [9.17, 15) is 14.9 Å². The predicted octanol–water partition coefficient (Wildman–Crippen LogP) is 1.06. The Bertz CT molecular complexity index is 426. The molecule has 0 fully saturated rings. The van der Waals surface area contributed by atoms with Crippen molar-refractivity contribution in [1.82, 2.24) is 4.98 Å². The molecule has 1 aliphatic heterocycles. The number of carbonyl (C=O) groups excluding carboxylic acids is 1. The maximum Gasteiger partial charge on any atom is 0.349 e. The van der Waals surface area contributed by atoms with Crippen molar-refractivity contribution in [3.05, 3.63) is 16.3 Å². The highest BCUT2D eigenvalue weighted by Gasteiger charge is 2.23. The number of rotatable bonds is 2. The maximum atomic E-state index is 11.1.